The molecule has 1 aromatic heterocycles. The number of tetrazole rings is 1. The molecule has 3 heterocycles. The number of amides is 1. The molecule has 2 aromatic rings. The number of hydrogen-bond acceptors (Lipinski definition) is 7. The Hall–Kier alpha value is -2.13. The Labute approximate surface area is 162 Å². The average Bonchev–Trinajstić information content (AvgIpc) is 3.44. The van der Waals surface area contributed by atoms with Crippen molar-refractivity contribution in [2.24, 2.45) is 0 Å². The summed E-state index contributed by atoms with van der Waals surface area (Å²) in [5, 5.41) is 15.3. The van der Waals surface area contributed by atoms with Crippen LogP contribution in [0, 0.1) is 0 Å². The molecule has 9 heteroatoms. The average molecular weight is 388 g/mol. The number of aromatic nitrogens is 4. The van der Waals surface area contributed by atoms with E-state index in [9.17, 15) is 4.79 Å². The van der Waals surface area contributed by atoms with E-state index in [1.54, 1.807) is 4.68 Å². The molecular weight excluding hydrogens is 364 g/mol. The third-order valence-corrected chi connectivity index (χ3v) is 5.81. The molecule has 1 aromatic carbocycles. The van der Waals surface area contributed by atoms with Gasteiger partial charge in [-0.25, -0.2) is 4.68 Å². The maximum atomic E-state index is 12.3. The van der Waals surface area contributed by atoms with Crippen molar-refractivity contribution in [2.45, 2.75) is 43.5 Å². The number of nitrogens with zero attached hydrogens (tertiary/aromatic N) is 5. The predicted octanol–water partition coefficient (Wildman–Crippen LogP) is 2.18. The summed E-state index contributed by atoms with van der Waals surface area (Å²) < 4.78 is 7.34. The van der Waals surface area contributed by atoms with Gasteiger partial charge in [0.2, 0.25) is 11.1 Å². The first kappa shape index (κ1) is 18.2. The number of rotatable bonds is 7. The van der Waals surface area contributed by atoms with Crippen LogP contribution >= 0.6 is 11.8 Å². The molecule has 2 aliphatic heterocycles. The van der Waals surface area contributed by atoms with Gasteiger partial charge in [0, 0.05) is 31.1 Å². The second-order valence-electron chi connectivity index (χ2n) is 6.86. The van der Waals surface area contributed by atoms with Gasteiger partial charge < -0.3 is 15.0 Å². The molecule has 2 aliphatic rings. The molecule has 0 saturated carbocycles. The molecule has 1 atom stereocenters. The van der Waals surface area contributed by atoms with Gasteiger partial charge in [-0.05, 0) is 60.4 Å². The smallest absolute Gasteiger partial charge is 0.234 e. The summed E-state index contributed by atoms with van der Waals surface area (Å²) in [4.78, 5) is 14.6. The van der Waals surface area contributed by atoms with Crippen molar-refractivity contribution in [1.82, 2.24) is 20.2 Å². The molecule has 4 rings (SSSR count). The first-order chi connectivity index (χ1) is 13.3. The molecule has 0 bridgehead atoms. The molecule has 0 radical (unpaired) electrons. The zero-order valence-electron chi connectivity index (χ0n) is 15.2. The van der Waals surface area contributed by atoms with Crippen LogP contribution in [0.1, 0.15) is 25.7 Å². The Morgan fingerprint density at radius 3 is 2.78 bits per heavy atom. The lowest BCUT2D eigenvalue weighted by atomic mass is 10.2. The van der Waals surface area contributed by atoms with Crippen LogP contribution in [-0.2, 0) is 16.1 Å². The highest BCUT2D eigenvalue weighted by atomic mass is 32.2. The molecule has 27 heavy (non-hydrogen) atoms. The van der Waals surface area contributed by atoms with Crippen LogP contribution in [0.25, 0.3) is 0 Å². The van der Waals surface area contributed by atoms with E-state index in [2.05, 4.69) is 37.9 Å². The Kier molecular flexibility index (Phi) is 5.88. The third kappa shape index (κ3) is 4.78. The first-order valence-electron chi connectivity index (χ1n) is 9.43. The van der Waals surface area contributed by atoms with Crippen molar-refractivity contribution in [3.63, 3.8) is 0 Å². The fourth-order valence-electron chi connectivity index (χ4n) is 3.45. The first-order valence-corrected chi connectivity index (χ1v) is 10.4. The Bertz CT molecular complexity index is 753. The molecule has 2 fully saturated rings. The zero-order chi connectivity index (χ0) is 18.5. The van der Waals surface area contributed by atoms with E-state index in [-0.39, 0.29) is 17.8 Å². The molecule has 0 aliphatic carbocycles. The number of thioether (sulfide) groups is 1. The highest BCUT2D eigenvalue weighted by molar-refractivity contribution is 7.99. The summed E-state index contributed by atoms with van der Waals surface area (Å²) in [5.74, 6) is 0.195. The summed E-state index contributed by atoms with van der Waals surface area (Å²) in [6.07, 6.45) is 4.77. The maximum Gasteiger partial charge on any atom is 0.234 e. The van der Waals surface area contributed by atoms with Crippen LogP contribution in [0.15, 0.2) is 29.4 Å². The molecule has 1 amide bonds. The van der Waals surface area contributed by atoms with Crippen LogP contribution in [0.4, 0.5) is 11.4 Å². The lowest BCUT2D eigenvalue weighted by Crippen LogP contribution is -2.19. The fraction of sp³-hybridized carbons (Fsp3) is 0.556. The monoisotopic (exact) mass is 388 g/mol. The normalized spacial score (nSPS) is 19.6. The summed E-state index contributed by atoms with van der Waals surface area (Å²) in [7, 11) is 0. The molecule has 0 unspecified atom stereocenters. The molecule has 0 spiro atoms. The number of anilines is 2. The van der Waals surface area contributed by atoms with Crippen LogP contribution in [0.3, 0.4) is 0 Å². The molecule has 1 N–H and O–H groups in total. The highest BCUT2D eigenvalue weighted by Gasteiger charge is 2.19. The van der Waals surface area contributed by atoms with E-state index in [0.717, 1.165) is 38.2 Å². The Balaban J connectivity index is 1.26. The fourth-order valence-corrected chi connectivity index (χ4v) is 4.14. The topological polar surface area (TPSA) is 85.2 Å². The van der Waals surface area contributed by atoms with E-state index >= 15 is 0 Å². The number of ether oxygens (including phenoxy) is 1. The van der Waals surface area contributed by atoms with Gasteiger partial charge in [0.05, 0.1) is 18.4 Å². The van der Waals surface area contributed by atoms with Crippen LogP contribution in [-0.4, -0.2) is 57.7 Å². The molecule has 144 valence electrons. The van der Waals surface area contributed by atoms with Crippen LogP contribution < -0.4 is 10.2 Å². The van der Waals surface area contributed by atoms with E-state index in [4.69, 9.17) is 4.74 Å². The summed E-state index contributed by atoms with van der Waals surface area (Å²) in [6, 6.07) is 8.04. The number of carbonyl (C=O) groups excluding carboxylic acids is 1. The van der Waals surface area contributed by atoms with Gasteiger partial charge >= 0.3 is 0 Å². The van der Waals surface area contributed by atoms with Gasteiger partial charge in [-0.2, -0.15) is 0 Å². The maximum absolute atomic E-state index is 12.3. The van der Waals surface area contributed by atoms with E-state index in [1.807, 2.05) is 12.1 Å². The van der Waals surface area contributed by atoms with Gasteiger partial charge in [0.15, 0.2) is 0 Å². The quantitative estimate of drug-likeness (QED) is 0.728. The number of nitrogens with one attached hydrogen (secondary N) is 1. The number of carbonyl (C=O) groups is 1. The second-order valence-corrected chi connectivity index (χ2v) is 7.80. The SMILES string of the molecule is O=C(CSc1nnnn1C[C@@H]1CCCO1)Nc1ccc(N2CCCC2)cc1. The summed E-state index contributed by atoms with van der Waals surface area (Å²) in [5.41, 5.74) is 2.02. The molecule has 8 nitrogen and oxygen atoms in total. The standard InChI is InChI=1S/C18H24N6O2S/c25-17(19-14-5-7-15(8-6-14)23-9-1-2-10-23)13-27-18-20-21-22-24(18)12-16-4-3-11-26-16/h5-8,16H,1-4,9-13H2,(H,19,25)/t16-/m0/s1. The largest absolute Gasteiger partial charge is 0.376 e. The van der Waals surface area contributed by atoms with Gasteiger partial charge in [0.25, 0.3) is 0 Å². The van der Waals surface area contributed by atoms with Crippen molar-refractivity contribution < 1.29 is 9.53 Å². The predicted molar refractivity (Wildman–Crippen MR) is 104 cm³/mol. The van der Waals surface area contributed by atoms with Gasteiger partial charge in [0.1, 0.15) is 0 Å². The number of benzene rings is 1. The minimum absolute atomic E-state index is 0.0689. The molecule has 2 saturated heterocycles. The lowest BCUT2D eigenvalue weighted by Gasteiger charge is -2.17. The third-order valence-electron chi connectivity index (χ3n) is 4.85. The van der Waals surface area contributed by atoms with Gasteiger partial charge in [-0.1, -0.05) is 11.8 Å². The highest BCUT2D eigenvalue weighted by Crippen LogP contribution is 2.23. The van der Waals surface area contributed by atoms with Gasteiger partial charge in [-0.3, -0.25) is 4.79 Å². The Morgan fingerprint density at radius 2 is 2.04 bits per heavy atom. The van der Waals surface area contributed by atoms with E-state index < -0.39 is 0 Å². The number of hydrogen-bond donors (Lipinski definition) is 1. The van der Waals surface area contributed by atoms with Crippen molar-refractivity contribution >= 4 is 29.0 Å². The van der Waals surface area contributed by atoms with E-state index in [0.29, 0.717) is 11.7 Å². The summed E-state index contributed by atoms with van der Waals surface area (Å²) >= 11 is 1.34. The van der Waals surface area contributed by atoms with Crippen molar-refractivity contribution in [3.05, 3.63) is 24.3 Å². The molecular formula is C18H24N6O2S. The van der Waals surface area contributed by atoms with Gasteiger partial charge in [-0.15, -0.1) is 5.10 Å². The minimum atomic E-state index is -0.0689. The zero-order valence-corrected chi connectivity index (χ0v) is 16.0. The van der Waals surface area contributed by atoms with Crippen LogP contribution in [0.2, 0.25) is 0 Å². The van der Waals surface area contributed by atoms with Crippen molar-refractivity contribution in [3.8, 4) is 0 Å². The Morgan fingerprint density at radius 1 is 1.22 bits per heavy atom. The minimum Gasteiger partial charge on any atom is -0.376 e. The van der Waals surface area contributed by atoms with E-state index in [1.165, 1.54) is 30.3 Å². The van der Waals surface area contributed by atoms with Crippen molar-refractivity contribution in [1.29, 1.82) is 0 Å². The lowest BCUT2D eigenvalue weighted by molar-refractivity contribution is -0.113. The van der Waals surface area contributed by atoms with Crippen LogP contribution in [0.5, 0.6) is 0 Å². The second kappa shape index (κ2) is 8.71. The van der Waals surface area contributed by atoms with Crippen molar-refractivity contribution in [2.75, 3.05) is 35.7 Å². The summed E-state index contributed by atoms with van der Waals surface area (Å²) in [6.45, 7) is 3.66.